The average Bonchev–Trinajstić information content (AvgIpc) is 3.14. The summed E-state index contributed by atoms with van der Waals surface area (Å²) in [5, 5.41) is 6.85. The molecule has 1 fully saturated rings. The zero-order chi connectivity index (χ0) is 23.6. The van der Waals surface area contributed by atoms with E-state index < -0.39 is 15.8 Å². The quantitative estimate of drug-likeness (QED) is 0.504. The van der Waals surface area contributed by atoms with E-state index in [-0.39, 0.29) is 40.5 Å². The van der Waals surface area contributed by atoms with Crippen molar-refractivity contribution < 1.29 is 17.6 Å². The Balaban J connectivity index is 1.25. The Kier molecular flexibility index (Phi) is 6.82. The molecule has 0 spiro atoms. The van der Waals surface area contributed by atoms with E-state index in [0.717, 1.165) is 12.1 Å². The highest BCUT2D eigenvalue weighted by atomic mass is 35.5. The molecule has 1 amide bonds. The summed E-state index contributed by atoms with van der Waals surface area (Å²) in [4.78, 5) is 24.7. The number of aromatic nitrogens is 3. The first-order chi connectivity index (χ1) is 15.8. The lowest BCUT2D eigenvalue weighted by Gasteiger charge is -2.30. The molecule has 1 N–H and O–H groups in total. The van der Waals surface area contributed by atoms with Crippen LogP contribution in [0.25, 0.3) is 5.65 Å². The first-order valence-corrected chi connectivity index (χ1v) is 12.4. The first-order valence-electron chi connectivity index (χ1n) is 10.5. The molecular weight excluding hydrogens is 473 g/mol. The second-order valence-corrected chi connectivity index (χ2v) is 10.2. The number of nitrogens with zero attached hydrogens (tertiary/aromatic N) is 4. The highest BCUT2D eigenvalue weighted by Crippen LogP contribution is 2.26. The lowest BCUT2D eigenvalue weighted by atomic mass is 9.97. The molecule has 2 aromatic heterocycles. The number of sulfonamides is 1. The number of hydrogen-bond donors (Lipinski definition) is 1. The summed E-state index contributed by atoms with van der Waals surface area (Å²) in [6.45, 7) is 1.13. The predicted octanol–water partition coefficient (Wildman–Crippen LogP) is 1.90. The largest absolute Gasteiger partial charge is 0.356 e. The van der Waals surface area contributed by atoms with Crippen LogP contribution in [0.2, 0.25) is 5.02 Å². The number of hydrogen-bond acceptors (Lipinski definition) is 5. The molecule has 0 unspecified atom stereocenters. The van der Waals surface area contributed by atoms with Gasteiger partial charge in [-0.2, -0.15) is 4.31 Å². The number of pyridine rings is 1. The van der Waals surface area contributed by atoms with Crippen molar-refractivity contribution in [2.75, 3.05) is 19.6 Å². The molecular formula is C21H23ClFN5O4S. The molecule has 4 rings (SSSR count). The fraction of sp³-hybridized carbons (Fsp3) is 0.381. The van der Waals surface area contributed by atoms with Crippen LogP contribution >= 0.6 is 11.6 Å². The maximum absolute atomic E-state index is 13.4. The number of amides is 1. The van der Waals surface area contributed by atoms with Gasteiger partial charge in [-0.3, -0.25) is 9.20 Å². The van der Waals surface area contributed by atoms with E-state index in [9.17, 15) is 22.4 Å². The van der Waals surface area contributed by atoms with Crippen molar-refractivity contribution in [3.05, 3.63) is 63.9 Å². The third-order valence-corrected chi connectivity index (χ3v) is 7.87. The molecule has 176 valence electrons. The third-order valence-electron chi connectivity index (χ3n) is 5.69. The van der Waals surface area contributed by atoms with Gasteiger partial charge in [-0.05, 0) is 49.6 Å². The van der Waals surface area contributed by atoms with Gasteiger partial charge in [0.1, 0.15) is 5.82 Å². The second-order valence-electron chi connectivity index (χ2n) is 7.83. The van der Waals surface area contributed by atoms with Gasteiger partial charge in [-0.1, -0.05) is 17.7 Å². The van der Waals surface area contributed by atoms with Crippen molar-refractivity contribution in [1.82, 2.24) is 23.8 Å². The van der Waals surface area contributed by atoms with Crippen LogP contribution in [0.3, 0.4) is 0 Å². The summed E-state index contributed by atoms with van der Waals surface area (Å²) in [7, 11) is -3.81. The summed E-state index contributed by atoms with van der Waals surface area (Å²) < 4.78 is 43.0. The Morgan fingerprint density at radius 2 is 1.97 bits per heavy atom. The molecule has 12 heteroatoms. The third kappa shape index (κ3) is 4.94. The average molecular weight is 496 g/mol. The van der Waals surface area contributed by atoms with Crippen LogP contribution in [0.4, 0.5) is 4.39 Å². The minimum absolute atomic E-state index is 0.0704. The molecule has 9 nitrogen and oxygen atoms in total. The second kappa shape index (κ2) is 9.62. The van der Waals surface area contributed by atoms with Crippen molar-refractivity contribution in [1.29, 1.82) is 0 Å². The number of halogens is 2. The van der Waals surface area contributed by atoms with Gasteiger partial charge in [0.05, 0.1) is 9.92 Å². The van der Waals surface area contributed by atoms with Crippen molar-refractivity contribution >= 4 is 33.2 Å². The number of nitrogens with one attached hydrogen (secondary N) is 1. The van der Waals surface area contributed by atoms with Crippen molar-refractivity contribution in [3.63, 3.8) is 0 Å². The van der Waals surface area contributed by atoms with Gasteiger partial charge < -0.3 is 5.32 Å². The SMILES string of the molecule is O=C(NCCCn1nc2ccccn2c1=O)C1CCN(S(=O)(=O)c2ccc(F)c(Cl)c2)CC1. The van der Waals surface area contributed by atoms with Crippen molar-refractivity contribution in [2.45, 2.75) is 30.7 Å². The molecule has 0 radical (unpaired) electrons. The normalized spacial score (nSPS) is 15.7. The summed E-state index contributed by atoms with van der Waals surface area (Å²) in [6.07, 6.45) is 2.95. The maximum atomic E-state index is 13.4. The Morgan fingerprint density at radius 1 is 1.21 bits per heavy atom. The highest BCUT2D eigenvalue weighted by Gasteiger charge is 2.32. The standard InChI is InChI=1S/C21H23ClFN5O4S/c22-17-14-16(5-6-18(17)23)33(31,32)26-12-7-15(8-13-26)20(29)24-9-3-11-28-21(30)27-10-2-1-4-19(27)25-28/h1-2,4-6,10,14-15H,3,7-9,11-13H2,(H,24,29). The number of carbonyl (C=O) groups is 1. The Hall–Kier alpha value is -2.76. The van der Waals surface area contributed by atoms with Crippen LogP contribution in [0.1, 0.15) is 19.3 Å². The number of piperidine rings is 1. The monoisotopic (exact) mass is 495 g/mol. The molecule has 3 aromatic rings. The van der Waals surface area contributed by atoms with Crippen molar-refractivity contribution in [3.8, 4) is 0 Å². The zero-order valence-corrected chi connectivity index (χ0v) is 19.2. The van der Waals surface area contributed by atoms with Gasteiger partial charge in [0.2, 0.25) is 15.9 Å². The Labute approximate surface area is 194 Å². The van der Waals surface area contributed by atoms with E-state index in [1.165, 1.54) is 19.5 Å². The lowest BCUT2D eigenvalue weighted by molar-refractivity contribution is -0.126. The van der Waals surface area contributed by atoms with Crippen LogP contribution in [0.15, 0.2) is 52.3 Å². The molecule has 1 aliphatic rings. The van der Waals surface area contributed by atoms with Gasteiger partial charge in [0, 0.05) is 38.3 Å². The van der Waals surface area contributed by atoms with Crippen LogP contribution in [-0.2, 0) is 21.4 Å². The van der Waals surface area contributed by atoms with E-state index in [1.54, 1.807) is 24.4 Å². The Morgan fingerprint density at radius 3 is 2.67 bits per heavy atom. The minimum atomic E-state index is -3.81. The van der Waals surface area contributed by atoms with Crippen LogP contribution in [-0.4, -0.2) is 52.4 Å². The smallest absolute Gasteiger partial charge is 0.350 e. The molecule has 1 aliphatic heterocycles. The summed E-state index contributed by atoms with van der Waals surface area (Å²) >= 11 is 5.72. The van der Waals surface area contributed by atoms with Gasteiger partial charge in [-0.15, -0.1) is 5.10 Å². The molecule has 1 aromatic carbocycles. The number of fused-ring (bicyclic) bond motifs is 1. The van der Waals surface area contributed by atoms with Crippen LogP contribution < -0.4 is 11.0 Å². The molecule has 0 saturated carbocycles. The summed E-state index contributed by atoms with van der Waals surface area (Å²) in [5.41, 5.74) is 0.337. The summed E-state index contributed by atoms with van der Waals surface area (Å²) in [6, 6.07) is 8.61. The fourth-order valence-corrected chi connectivity index (χ4v) is 5.58. The fourth-order valence-electron chi connectivity index (χ4n) is 3.84. The predicted molar refractivity (Wildman–Crippen MR) is 120 cm³/mol. The molecule has 33 heavy (non-hydrogen) atoms. The number of carbonyl (C=O) groups excluding carboxylic acids is 1. The number of aryl methyl sites for hydroxylation is 1. The minimum Gasteiger partial charge on any atom is -0.356 e. The van der Waals surface area contributed by atoms with E-state index in [4.69, 9.17) is 11.6 Å². The van der Waals surface area contributed by atoms with Gasteiger partial charge in [-0.25, -0.2) is 22.3 Å². The number of rotatable bonds is 7. The lowest BCUT2D eigenvalue weighted by Crippen LogP contribution is -2.43. The van der Waals surface area contributed by atoms with Crippen LogP contribution in [0, 0.1) is 11.7 Å². The first kappa shape index (κ1) is 23.4. The molecule has 0 atom stereocenters. The Bertz CT molecular complexity index is 1330. The molecule has 0 aliphatic carbocycles. The van der Waals surface area contributed by atoms with E-state index in [2.05, 4.69) is 10.4 Å². The van der Waals surface area contributed by atoms with Gasteiger partial charge in [0.15, 0.2) is 5.65 Å². The topological polar surface area (TPSA) is 106 Å². The highest BCUT2D eigenvalue weighted by molar-refractivity contribution is 7.89. The van der Waals surface area contributed by atoms with Gasteiger partial charge in [0.25, 0.3) is 0 Å². The molecule has 0 bridgehead atoms. The van der Waals surface area contributed by atoms with E-state index in [1.807, 2.05) is 0 Å². The summed E-state index contributed by atoms with van der Waals surface area (Å²) in [5.74, 6) is -1.12. The molecule has 3 heterocycles. The van der Waals surface area contributed by atoms with Gasteiger partial charge >= 0.3 is 5.69 Å². The van der Waals surface area contributed by atoms with Crippen LogP contribution in [0.5, 0.6) is 0 Å². The zero-order valence-electron chi connectivity index (χ0n) is 17.7. The van der Waals surface area contributed by atoms with E-state index in [0.29, 0.717) is 38.0 Å². The maximum Gasteiger partial charge on any atom is 0.350 e. The van der Waals surface area contributed by atoms with E-state index >= 15 is 0 Å². The molecule has 1 saturated heterocycles. The number of benzene rings is 1. The van der Waals surface area contributed by atoms with Crippen molar-refractivity contribution in [2.24, 2.45) is 5.92 Å².